The molecule has 5 heteroatoms. The summed E-state index contributed by atoms with van der Waals surface area (Å²) in [5, 5.41) is 12.9. The summed E-state index contributed by atoms with van der Waals surface area (Å²) in [6.07, 6.45) is 0. The first-order valence-corrected chi connectivity index (χ1v) is 8.47. The van der Waals surface area contributed by atoms with Gasteiger partial charge in [0.05, 0.1) is 17.3 Å². The molecule has 0 radical (unpaired) electrons. The molecule has 0 heterocycles. The maximum Gasteiger partial charge on any atom is 0.277 e. The van der Waals surface area contributed by atoms with E-state index in [-0.39, 0.29) is 12.5 Å². The summed E-state index contributed by atoms with van der Waals surface area (Å²) in [6, 6.07) is 15.1. The molecular formula is C21H23N3O2. The number of hydrogen-bond donors (Lipinski definition) is 1. The Labute approximate surface area is 154 Å². The van der Waals surface area contributed by atoms with Gasteiger partial charge in [0, 0.05) is 0 Å². The largest absolute Gasteiger partial charge is 0.483 e. The highest BCUT2D eigenvalue weighted by Crippen LogP contribution is 2.27. The van der Waals surface area contributed by atoms with Crippen LogP contribution in [0.25, 0.3) is 0 Å². The van der Waals surface area contributed by atoms with Gasteiger partial charge in [0.2, 0.25) is 0 Å². The minimum absolute atomic E-state index is 0.104. The van der Waals surface area contributed by atoms with Crippen molar-refractivity contribution in [2.24, 2.45) is 5.10 Å². The van der Waals surface area contributed by atoms with Gasteiger partial charge in [-0.05, 0) is 54.7 Å². The number of nitrogens with one attached hydrogen (secondary N) is 1. The van der Waals surface area contributed by atoms with Crippen molar-refractivity contribution in [2.45, 2.75) is 33.6 Å². The third-order valence-electron chi connectivity index (χ3n) is 3.93. The SMILES string of the molecule is CC(=NNC(=O)COc1cc(C)ccc1C(C)C)c1ccc(C#N)cc1. The molecule has 0 saturated heterocycles. The monoisotopic (exact) mass is 349 g/mol. The lowest BCUT2D eigenvalue weighted by molar-refractivity contribution is -0.123. The number of aryl methyl sites for hydroxylation is 1. The standard InChI is InChI=1S/C21H23N3O2/c1-14(2)19-10-5-15(3)11-20(19)26-13-21(25)24-23-16(4)18-8-6-17(12-22)7-9-18/h5-11,14H,13H2,1-4H3,(H,24,25). The average molecular weight is 349 g/mol. The van der Waals surface area contributed by atoms with Gasteiger partial charge in [-0.25, -0.2) is 5.43 Å². The summed E-state index contributed by atoms with van der Waals surface area (Å²) in [4.78, 5) is 12.0. The number of hydrogen-bond acceptors (Lipinski definition) is 4. The number of nitriles is 1. The van der Waals surface area contributed by atoms with Crippen LogP contribution in [0, 0.1) is 18.3 Å². The highest BCUT2D eigenvalue weighted by molar-refractivity contribution is 5.99. The summed E-state index contributed by atoms with van der Waals surface area (Å²) in [5.74, 6) is 0.711. The lowest BCUT2D eigenvalue weighted by Crippen LogP contribution is -2.26. The fraction of sp³-hybridized carbons (Fsp3) is 0.286. The number of rotatable bonds is 6. The van der Waals surface area contributed by atoms with Crippen molar-refractivity contribution in [3.8, 4) is 11.8 Å². The van der Waals surface area contributed by atoms with Gasteiger partial charge in [0.1, 0.15) is 5.75 Å². The van der Waals surface area contributed by atoms with Crippen molar-refractivity contribution >= 4 is 11.6 Å². The van der Waals surface area contributed by atoms with Gasteiger partial charge in [0.15, 0.2) is 6.61 Å². The number of amides is 1. The van der Waals surface area contributed by atoms with Crippen LogP contribution in [0.15, 0.2) is 47.6 Å². The fourth-order valence-corrected chi connectivity index (χ4v) is 2.42. The second-order valence-electron chi connectivity index (χ2n) is 6.41. The summed E-state index contributed by atoms with van der Waals surface area (Å²) in [7, 11) is 0. The first-order chi connectivity index (χ1) is 12.4. The highest BCUT2D eigenvalue weighted by Gasteiger charge is 2.10. The van der Waals surface area contributed by atoms with Crippen molar-refractivity contribution in [1.82, 2.24) is 5.43 Å². The number of ether oxygens (including phenoxy) is 1. The first-order valence-electron chi connectivity index (χ1n) is 8.47. The second-order valence-corrected chi connectivity index (χ2v) is 6.41. The van der Waals surface area contributed by atoms with Crippen LogP contribution in [0.5, 0.6) is 5.75 Å². The first kappa shape index (κ1) is 19.2. The van der Waals surface area contributed by atoms with E-state index in [9.17, 15) is 4.79 Å². The number of benzene rings is 2. The van der Waals surface area contributed by atoms with Crippen LogP contribution >= 0.6 is 0 Å². The topological polar surface area (TPSA) is 74.5 Å². The minimum atomic E-state index is -0.325. The van der Waals surface area contributed by atoms with Crippen LogP contribution in [-0.4, -0.2) is 18.2 Å². The maximum absolute atomic E-state index is 12.0. The van der Waals surface area contributed by atoms with Gasteiger partial charge in [-0.15, -0.1) is 0 Å². The summed E-state index contributed by atoms with van der Waals surface area (Å²) in [5.41, 5.74) is 6.73. The quantitative estimate of drug-likeness (QED) is 0.635. The summed E-state index contributed by atoms with van der Waals surface area (Å²) >= 11 is 0. The molecule has 0 aromatic heterocycles. The molecule has 26 heavy (non-hydrogen) atoms. The van der Waals surface area contributed by atoms with Crippen molar-refractivity contribution in [3.63, 3.8) is 0 Å². The maximum atomic E-state index is 12.0. The zero-order valence-corrected chi connectivity index (χ0v) is 15.5. The lowest BCUT2D eigenvalue weighted by Gasteiger charge is -2.14. The Morgan fingerprint density at radius 1 is 1.23 bits per heavy atom. The van der Waals surface area contributed by atoms with Crippen molar-refractivity contribution in [3.05, 3.63) is 64.7 Å². The summed E-state index contributed by atoms with van der Waals surface area (Å²) in [6.45, 7) is 7.85. The molecule has 0 aliphatic rings. The number of hydrazone groups is 1. The molecule has 2 rings (SSSR count). The van der Waals surface area contributed by atoms with Crippen LogP contribution in [0.4, 0.5) is 0 Å². The summed E-state index contributed by atoms with van der Waals surface area (Å²) < 4.78 is 5.69. The molecule has 2 aromatic carbocycles. The van der Waals surface area contributed by atoms with Crippen LogP contribution < -0.4 is 10.2 Å². The van der Waals surface area contributed by atoms with E-state index < -0.39 is 0 Å². The molecule has 0 aliphatic carbocycles. The molecule has 1 amide bonds. The van der Waals surface area contributed by atoms with E-state index in [2.05, 4.69) is 30.4 Å². The normalized spacial score (nSPS) is 11.2. The minimum Gasteiger partial charge on any atom is -0.483 e. The van der Waals surface area contributed by atoms with Crippen molar-refractivity contribution < 1.29 is 9.53 Å². The van der Waals surface area contributed by atoms with Crippen LogP contribution in [0.3, 0.4) is 0 Å². The number of carbonyl (C=O) groups is 1. The molecule has 0 aliphatic heterocycles. The van der Waals surface area contributed by atoms with Gasteiger partial charge in [-0.3, -0.25) is 4.79 Å². The molecular weight excluding hydrogens is 326 g/mol. The molecule has 1 N–H and O–H groups in total. The Bertz CT molecular complexity index is 847. The van der Waals surface area contributed by atoms with E-state index in [1.807, 2.05) is 25.1 Å². The van der Waals surface area contributed by atoms with E-state index in [1.165, 1.54) is 0 Å². The molecule has 0 bridgehead atoms. The van der Waals surface area contributed by atoms with Crippen LogP contribution in [0.1, 0.15) is 48.9 Å². The Hall–Kier alpha value is -3.13. The molecule has 2 aromatic rings. The van der Waals surface area contributed by atoms with E-state index in [4.69, 9.17) is 10.00 Å². The van der Waals surface area contributed by atoms with E-state index in [1.54, 1.807) is 31.2 Å². The number of carbonyl (C=O) groups excluding carboxylic acids is 1. The zero-order valence-electron chi connectivity index (χ0n) is 15.5. The fourth-order valence-electron chi connectivity index (χ4n) is 2.42. The predicted octanol–water partition coefficient (Wildman–Crippen LogP) is 3.91. The van der Waals surface area contributed by atoms with E-state index >= 15 is 0 Å². The Balaban J connectivity index is 1.96. The molecule has 134 valence electrons. The highest BCUT2D eigenvalue weighted by atomic mass is 16.5. The van der Waals surface area contributed by atoms with Crippen LogP contribution in [0.2, 0.25) is 0 Å². The van der Waals surface area contributed by atoms with Gasteiger partial charge < -0.3 is 4.74 Å². The van der Waals surface area contributed by atoms with Gasteiger partial charge in [-0.1, -0.05) is 38.1 Å². The molecule has 0 unspecified atom stereocenters. The van der Waals surface area contributed by atoms with E-state index in [0.717, 1.165) is 22.4 Å². The van der Waals surface area contributed by atoms with Gasteiger partial charge in [0.25, 0.3) is 5.91 Å². The Morgan fingerprint density at radius 2 is 1.92 bits per heavy atom. The molecule has 0 atom stereocenters. The molecule has 0 spiro atoms. The molecule has 0 saturated carbocycles. The number of nitrogens with zero attached hydrogens (tertiary/aromatic N) is 2. The Kier molecular flexibility index (Phi) is 6.51. The van der Waals surface area contributed by atoms with Crippen molar-refractivity contribution in [2.75, 3.05) is 6.61 Å². The Morgan fingerprint density at radius 3 is 2.54 bits per heavy atom. The smallest absolute Gasteiger partial charge is 0.277 e. The molecule has 5 nitrogen and oxygen atoms in total. The molecule has 0 fully saturated rings. The van der Waals surface area contributed by atoms with E-state index in [0.29, 0.717) is 17.2 Å². The van der Waals surface area contributed by atoms with Gasteiger partial charge >= 0.3 is 0 Å². The second kappa shape index (κ2) is 8.82. The lowest BCUT2D eigenvalue weighted by atomic mass is 10.0. The zero-order chi connectivity index (χ0) is 19.1. The average Bonchev–Trinajstić information content (AvgIpc) is 2.64. The van der Waals surface area contributed by atoms with Crippen molar-refractivity contribution in [1.29, 1.82) is 5.26 Å². The third-order valence-corrected chi connectivity index (χ3v) is 3.93. The van der Waals surface area contributed by atoms with Gasteiger partial charge in [-0.2, -0.15) is 10.4 Å². The predicted molar refractivity (Wildman–Crippen MR) is 102 cm³/mol. The van der Waals surface area contributed by atoms with Crippen LogP contribution in [-0.2, 0) is 4.79 Å². The third kappa shape index (κ3) is 5.18.